The van der Waals surface area contributed by atoms with Crippen LogP contribution in [0.3, 0.4) is 0 Å². The molecule has 0 N–H and O–H groups in total. The zero-order chi connectivity index (χ0) is 9.73. The first kappa shape index (κ1) is 11.3. The molecule has 0 aromatic heterocycles. The maximum atomic E-state index is 11.7. The van der Waals surface area contributed by atoms with Crippen LogP contribution in [0.2, 0.25) is 0 Å². The van der Waals surface area contributed by atoms with Gasteiger partial charge >= 0.3 is 0 Å². The van der Waals surface area contributed by atoms with Crippen molar-refractivity contribution in [1.29, 1.82) is 0 Å². The summed E-state index contributed by atoms with van der Waals surface area (Å²) in [5, 5.41) is 0. The van der Waals surface area contributed by atoms with Gasteiger partial charge in [0.15, 0.2) is 0 Å². The zero-order valence-corrected chi connectivity index (χ0v) is 9.66. The number of unbranched alkanes of at least 4 members (excludes halogenated alkanes) is 1. The van der Waals surface area contributed by atoms with Crippen LogP contribution in [-0.4, -0.2) is 43.1 Å². The van der Waals surface area contributed by atoms with Gasteiger partial charge in [-0.3, -0.25) is 0 Å². The van der Waals surface area contributed by atoms with Gasteiger partial charge in [-0.2, -0.15) is 11.8 Å². The first-order valence-corrected chi connectivity index (χ1v) is 7.49. The molecule has 0 amide bonds. The van der Waals surface area contributed by atoms with Crippen molar-refractivity contribution in [2.24, 2.45) is 0 Å². The molecule has 78 valence electrons. The normalized spacial score (nSPS) is 20.4. The van der Waals surface area contributed by atoms with Gasteiger partial charge in [-0.25, -0.2) is 12.7 Å². The van der Waals surface area contributed by atoms with Crippen molar-refractivity contribution in [1.82, 2.24) is 4.31 Å². The summed E-state index contributed by atoms with van der Waals surface area (Å²) >= 11 is 1.83. The molecule has 0 atom stereocenters. The number of rotatable bonds is 4. The van der Waals surface area contributed by atoms with Crippen molar-refractivity contribution in [2.45, 2.75) is 19.8 Å². The molecule has 1 saturated heterocycles. The minimum atomic E-state index is -2.93. The van der Waals surface area contributed by atoms with Crippen LogP contribution in [0.1, 0.15) is 19.8 Å². The number of nitrogens with zero attached hydrogens (tertiary/aromatic N) is 1. The maximum Gasteiger partial charge on any atom is 0.214 e. The predicted octanol–water partition coefficient (Wildman–Crippen LogP) is 1.17. The molecule has 0 aromatic carbocycles. The van der Waals surface area contributed by atoms with Crippen LogP contribution in [0, 0.1) is 0 Å². The van der Waals surface area contributed by atoms with Gasteiger partial charge in [0.2, 0.25) is 10.0 Å². The predicted molar refractivity (Wildman–Crippen MR) is 57.6 cm³/mol. The van der Waals surface area contributed by atoms with Crippen molar-refractivity contribution >= 4 is 21.8 Å². The zero-order valence-electron chi connectivity index (χ0n) is 8.03. The molecule has 0 aliphatic carbocycles. The van der Waals surface area contributed by atoms with E-state index in [1.807, 2.05) is 18.7 Å². The Balaban J connectivity index is 2.47. The molecule has 1 rings (SSSR count). The molecule has 1 aliphatic rings. The third-order valence-corrected chi connectivity index (χ3v) is 5.02. The van der Waals surface area contributed by atoms with Crippen molar-refractivity contribution < 1.29 is 8.42 Å². The molecule has 0 unspecified atom stereocenters. The fraction of sp³-hybridized carbons (Fsp3) is 1.00. The Morgan fingerprint density at radius 2 is 1.92 bits per heavy atom. The Bertz CT molecular complexity index is 233. The Hall–Kier alpha value is 0.260. The first-order valence-electron chi connectivity index (χ1n) is 4.72. The van der Waals surface area contributed by atoms with Gasteiger partial charge in [-0.1, -0.05) is 13.3 Å². The van der Waals surface area contributed by atoms with Gasteiger partial charge in [-0.15, -0.1) is 0 Å². The molecular weight excluding hydrogens is 206 g/mol. The van der Waals surface area contributed by atoms with Gasteiger partial charge in [0.05, 0.1) is 5.75 Å². The van der Waals surface area contributed by atoms with Gasteiger partial charge in [0, 0.05) is 24.6 Å². The second-order valence-electron chi connectivity index (χ2n) is 3.18. The average molecular weight is 223 g/mol. The van der Waals surface area contributed by atoms with E-state index in [1.165, 1.54) is 0 Å². The highest BCUT2D eigenvalue weighted by atomic mass is 32.2. The lowest BCUT2D eigenvalue weighted by atomic mass is 10.4. The number of sulfonamides is 1. The first-order chi connectivity index (χ1) is 6.17. The number of hydrogen-bond acceptors (Lipinski definition) is 3. The Morgan fingerprint density at radius 3 is 2.46 bits per heavy atom. The highest BCUT2D eigenvalue weighted by Crippen LogP contribution is 2.14. The van der Waals surface area contributed by atoms with E-state index in [0.717, 1.165) is 24.3 Å². The minimum Gasteiger partial charge on any atom is -0.212 e. The number of thioether (sulfide) groups is 1. The molecule has 0 spiro atoms. The Kier molecular flexibility index (Phi) is 4.55. The van der Waals surface area contributed by atoms with E-state index < -0.39 is 10.0 Å². The van der Waals surface area contributed by atoms with Crippen molar-refractivity contribution in [3.05, 3.63) is 0 Å². The van der Waals surface area contributed by atoms with E-state index in [2.05, 4.69) is 0 Å². The topological polar surface area (TPSA) is 37.4 Å². The molecule has 5 heteroatoms. The third-order valence-electron chi connectivity index (χ3n) is 2.12. The van der Waals surface area contributed by atoms with E-state index in [9.17, 15) is 8.42 Å². The Morgan fingerprint density at radius 1 is 1.31 bits per heavy atom. The summed E-state index contributed by atoms with van der Waals surface area (Å²) in [7, 11) is -2.93. The van der Waals surface area contributed by atoms with Gasteiger partial charge in [0.1, 0.15) is 0 Å². The largest absolute Gasteiger partial charge is 0.214 e. The second kappa shape index (κ2) is 5.22. The smallest absolute Gasteiger partial charge is 0.212 e. The van der Waals surface area contributed by atoms with Crippen LogP contribution in [-0.2, 0) is 10.0 Å². The summed E-state index contributed by atoms with van der Waals surface area (Å²) in [6.07, 6.45) is 1.73. The third kappa shape index (κ3) is 3.48. The minimum absolute atomic E-state index is 0.328. The fourth-order valence-electron chi connectivity index (χ4n) is 1.28. The molecule has 3 nitrogen and oxygen atoms in total. The molecule has 0 radical (unpaired) electrons. The van der Waals surface area contributed by atoms with Gasteiger partial charge < -0.3 is 0 Å². The van der Waals surface area contributed by atoms with Gasteiger partial charge in [0.25, 0.3) is 0 Å². The molecule has 0 saturated carbocycles. The summed E-state index contributed by atoms with van der Waals surface area (Å²) in [5.41, 5.74) is 0. The van der Waals surface area contributed by atoms with Gasteiger partial charge in [-0.05, 0) is 6.42 Å². The van der Waals surface area contributed by atoms with Crippen molar-refractivity contribution in [2.75, 3.05) is 30.3 Å². The van der Waals surface area contributed by atoms with Crippen LogP contribution in [0.15, 0.2) is 0 Å². The monoisotopic (exact) mass is 223 g/mol. The molecular formula is C8H17NO2S2. The van der Waals surface area contributed by atoms with Crippen molar-refractivity contribution in [3.8, 4) is 0 Å². The average Bonchev–Trinajstić information content (AvgIpc) is 2.16. The SMILES string of the molecule is CCCCS(=O)(=O)N1CCSCC1. The molecule has 1 heterocycles. The van der Waals surface area contributed by atoms with Crippen LogP contribution < -0.4 is 0 Å². The quantitative estimate of drug-likeness (QED) is 0.718. The van der Waals surface area contributed by atoms with E-state index in [4.69, 9.17) is 0 Å². The lowest BCUT2D eigenvalue weighted by molar-refractivity contribution is 0.442. The lowest BCUT2D eigenvalue weighted by Gasteiger charge is -2.25. The molecule has 0 bridgehead atoms. The highest BCUT2D eigenvalue weighted by Gasteiger charge is 2.22. The van der Waals surface area contributed by atoms with E-state index >= 15 is 0 Å². The van der Waals surface area contributed by atoms with E-state index in [0.29, 0.717) is 18.8 Å². The summed E-state index contributed by atoms with van der Waals surface area (Å²) in [6.45, 7) is 3.43. The van der Waals surface area contributed by atoms with Crippen LogP contribution in [0.5, 0.6) is 0 Å². The van der Waals surface area contributed by atoms with Crippen LogP contribution in [0.25, 0.3) is 0 Å². The van der Waals surface area contributed by atoms with Crippen molar-refractivity contribution in [3.63, 3.8) is 0 Å². The molecule has 13 heavy (non-hydrogen) atoms. The summed E-state index contributed by atoms with van der Waals surface area (Å²) in [5.74, 6) is 2.23. The summed E-state index contributed by atoms with van der Waals surface area (Å²) < 4.78 is 25.0. The summed E-state index contributed by atoms with van der Waals surface area (Å²) in [6, 6.07) is 0. The van der Waals surface area contributed by atoms with E-state index in [-0.39, 0.29) is 0 Å². The second-order valence-corrected chi connectivity index (χ2v) is 6.49. The molecule has 0 aromatic rings. The van der Waals surface area contributed by atoms with E-state index in [1.54, 1.807) is 4.31 Å². The van der Waals surface area contributed by atoms with Crippen LogP contribution >= 0.6 is 11.8 Å². The van der Waals surface area contributed by atoms with Crippen LogP contribution in [0.4, 0.5) is 0 Å². The molecule has 1 aliphatic heterocycles. The highest BCUT2D eigenvalue weighted by molar-refractivity contribution is 7.99. The standard InChI is InChI=1S/C8H17NO2S2/c1-2-3-8-13(10,11)9-4-6-12-7-5-9/h2-8H2,1H3. The summed E-state index contributed by atoms with van der Waals surface area (Å²) in [4.78, 5) is 0. The maximum absolute atomic E-state index is 11.7. The lowest BCUT2D eigenvalue weighted by Crippen LogP contribution is -2.39. The Labute approximate surface area is 84.9 Å². The number of hydrogen-bond donors (Lipinski definition) is 0. The molecule has 1 fully saturated rings. The fourth-order valence-corrected chi connectivity index (χ4v) is 4.07.